The SMILES string of the molecule is O=C(O)CSCC(=O)NCC1(c2ccc(F)cc2F)CCCC1. The monoisotopic (exact) mass is 343 g/mol. The number of thioether (sulfide) groups is 1. The Labute approximate surface area is 137 Å². The molecule has 7 heteroatoms. The predicted octanol–water partition coefficient (Wildman–Crippen LogP) is 2.71. The van der Waals surface area contributed by atoms with Gasteiger partial charge in [0.1, 0.15) is 11.6 Å². The highest BCUT2D eigenvalue weighted by atomic mass is 32.2. The summed E-state index contributed by atoms with van der Waals surface area (Å²) in [6, 6.07) is 3.57. The van der Waals surface area contributed by atoms with Crippen molar-refractivity contribution in [2.75, 3.05) is 18.1 Å². The molecule has 0 spiro atoms. The largest absolute Gasteiger partial charge is 0.481 e. The molecule has 2 rings (SSSR count). The molecule has 1 aromatic rings. The topological polar surface area (TPSA) is 66.4 Å². The number of rotatable bonds is 7. The van der Waals surface area contributed by atoms with Gasteiger partial charge in [0, 0.05) is 18.0 Å². The minimum atomic E-state index is -0.969. The van der Waals surface area contributed by atoms with E-state index in [0.29, 0.717) is 5.56 Å². The van der Waals surface area contributed by atoms with Crippen LogP contribution in [0.2, 0.25) is 0 Å². The molecule has 126 valence electrons. The van der Waals surface area contributed by atoms with Gasteiger partial charge in [0.05, 0.1) is 11.5 Å². The molecule has 1 aliphatic carbocycles. The number of halogens is 2. The Morgan fingerprint density at radius 3 is 2.52 bits per heavy atom. The molecule has 0 aromatic heterocycles. The molecule has 2 N–H and O–H groups in total. The van der Waals surface area contributed by atoms with E-state index >= 15 is 0 Å². The van der Waals surface area contributed by atoms with Gasteiger partial charge in [-0.25, -0.2) is 8.78 Å². The Bertz CT molecular complexity index is 589. The first-order chi connectivity index (χ1) is 10.9. The lowest BCUT2D eigenvalue weighted by Gasteiger charge is -2.30. The summed E-state index contributed by atoms with van der Waals surface area (Å²) in [5, 5.41) is 11.3. The van der Waals surface area contributed by atoms with Crippen molar-refractivity contribution in [3.05, 3.63) is 35.4 Å². The van der Waals surface area contributed by atoms with E-state index in [1.807, 2.05) is 0 Å². The van der Waals surface area contributed by atoms with Crippen molar-refractivity contribution in [2.24, 2.45) is 0 Å². The van der Waals surface area contributed by atoms with Crippen LogP contribution in [0.5, 0.6) is 0 Å². The highest BCUT2D eigenvalue weighted by Gasteiger charge is 2.38. The smallest absolute Gasteiger partial charge is 0.313 e. The Morgan fingerprint density at radius 1 is 1.22 bits per heavy atom. The number of amides is 1. The van der Waals surface area contributed by atoms with Crippen LogP contribution in [0, 0.1) is 11.6 Å². The van der Waals surface area contributed by atoms with Gasteiger partial charge < -0.3 is 10.4 Å². The third-order valence-corrected chi connectivity index (χ3v) is 5.06. The minimum Gasteiger partial charge on any atom is -0.481 e. The fourth-order valence-corrected chi connectivity index (χ4v) is 3.63. The summed E-state index contributed by atoms with van der Waals surface area (Å²) < 4.78 is 27.3. The molecule has 0 atom stereocenters. The van der Waals surface area contributed by atoms with E-state index in [0.717, 1.165) is 43.5 Å². The average Bonchev–Trinajstić information content (AvgIpc) is 2.94. The number of hydrogen-bond acceptors (Lipinski definition) is 3. The van der Waals surface area contributed by atoms with Gasteiger partial charge in [0.15, 0.2) is 0 Å². The second-order valence-electron chi connectivity index (χ2n) is 5.77. The van der Waals surface area contributed by atoms with Crippen LogP contribution in [-0.4, -0.2) is 35.0 Å². The Hall–Kier alpha value is -1.63. The number of carboxylic acids is 1. The molecule has 0 bridgehead atoms. The summed E-state index contributed by atoms with van der Waals surface area (Å²) >= 11 is 1.02. The molecule has 1 amide bonds. The van der Waals surface area contributed by atoms with Gasteiger partial charge in [-0.05, 0) is 24.5 Å². The number of nitrogens with one attached hydrogen (secondary N) is 1. The van der Waals surface area contributed by atoms with Crippen LogP contribution in [0.25, 0.3) is 0 Å². The van der Waals surface area contributed by atoms with Crippen molar-refractivity contribution in [1.82, 2.24) is 5.32 Å². The maximum atomic E-state index is 14.1. The van der Waals surface area contributed by atoms with E-state index in [2.05, 4.69) is 5.32 Å². The van der Waals surface area contributed by atoms with Crippen molar-refractivity contribution in [2.45, 2.75) is 31.1 Å². The molecule has 0 radical (unpaired) electrons. The summed E-state index contributed by atoms with van der Waals surface area (Å²) in [6.07, 6.45) is 3.33. The number of carboxylic acid groups (broad SMARTS) is 1. The second-order valence-corrected chi connectivity index (χ2v) is 6.76. The van der Waals surface area contributed by atoms with E-state index in [1.165, 1.54) is 12.1 Å². The second kappa shape index (κ2) is 7.77. The molecule has 23 heavy (non-hydrogen) atoms. The van der Waals surface area contributed by atoms with Crippen molar-refractivity contribution in [1.29, 1.82) is 0 Å². The number of carbonyl (C=O) groups is 2. The molecule has 4 nitrogen and oxygen atoms in total. The van der Waals surface area contributed by atoms with Gasteiger partial charge >= 0.3 is 5.97 Å². The van der Waals surface area contributed by atoms with Gasteiger partial charge in [-0.3, -0.25) is 9.59 Å². The molecule has 1 aromatic carbocycles. The van der Waals surface area contributed by atoms with Crippen molar-refractivity contribution in [3.8, 4) is 0 Å². The van der Waals surface area contributed by atoms with Gasteiger partial charge in [-0.15, -0.1) is 11.8 Å². The van der Waals surface area contributed by atoms with Gasteiger partial charge in [-0.1, -0.05) is 18.9 Å². The molecule has 1 aliphatic rings. The molecule has 0 aliphatic heterocycles. The van der Waals surface area contributed by atoms with E-state index in [-0.39, 0.29) is 24.0 Å². The van der Waals surface area contributed by atoms with Crippen LogP contribution >= 0.6 is 11.8 Å². The van der Waals surface area contributed by atoms with Crippen LogP contribution in [0.4, 0.5) is 8.78 Å². The maximum Gasteiger partial charge on any atom is 0.313 e. The van der Waals surface area contributed by atoms with Gasteiger partial charge in [-0.2, -0.15) is 0 Å². The molecule has 0 unspecified atom stereocenters. The zero-order valence-electron chi connectivity index (χ0n) is 12.6. The maximum absolute atomic E-state index is 14.1. The van der Waals surface area contributed by atoms with Crippen LogP contribution in [0.1, 0.15) is 31.2 Å². The number of aliphatic carboxylic acids is 1. The summed E-state index contributed by atoms with van der Waals surface area (Å²) in [4.78, 5) is 22.2. The summed E-state index contributed by atoms with van der Waals surface area (Å²) in [6.45, 7) is 0.280. The predicted molar refractivity (Wildman–Crippen MR) is 84.5 cm³/mol. The molecule has 1 saturated carbocycles. The number of carbonyl (C=O) groups excluding carboxylic acids is 1. The van der Waals surface area contributed by atoms with Crippen LogP contribution in [-0.2, 0) is 15.0 Å². The minimum absolute atomic E-state index is 0.0499. The first-order valence-corrected chi connectivity index (χ1v) is 8.60. The lowest BCUT2D eigenvalue weighted by atomic mass is 9.78. The quantitative estimate of drug-likeness (QED) is 0.799. The van der Waals surface area contributed by atoms with Crippen LogP contribution in [0.15, 0.2) is 18.2 Å². The third kappa shape index (κ3) is 4.67. The zero-order chi connectivity index (χ0) is 16.9. The lowest BCUT2D eigenvalue weighted by molar-refractivity contribution is -0.133. The average molecular weight is 343 g/mol. The van der Waals surface area contributed by atoms with Crippen molar-refractivity contribution in [3.63, 3.8) is 0 Å². The highest BCUT2D eigenvalue weighted by molar-refractivity contribution is 8.00. The van der Waals surface area contributed by atoms with Crippen molar-refractivity contribution >= 4 is 23.6 Å². The molecule has 0 saturated heterocycles. The Morgan fingerprint density at radius 2 is 1.91 bits per heavy atom. The van der Waals surface area contributed by atoms with Crippen LogP contribution < -0.4 is 5.32 Å². The van der Waals surface area contributed by atoms with Gasteiger partial charge in [0.25, 0.3) is 0 Å². The number of hydrogen-bond donors (Lipinski definition) is 2. The summed E-state index contributed by atoms with van der Waals surface area (Å²) in [7, 11) is 0. The van der Waals surface area contributed by atoms with E-state index < -0.39 is 23.0 Å². The normalized spacial score (nSPS) is 16.3. The standard InChI is InChI=1S/C16H19F2NO3S/c17-11-3-4-12(13(18)7-11)16(5-1-2-6-16)10-19-14(20)8-23-9-15(21)22/h3-4,7H,1-2,5-6,8-10H2,(H,19,20)(H,21,22). The fraction of sp³-hybridized carbons (Fsp3) is 0.500. The summed E-state index contributed by atoms with van der Waals surface area (Å²) in [5.41, 5.74) is -0.0693. The van der Waals surface area contributed by atoms with E-state index in [4.69, 9.17) is 5.11 Å². The van der Waals surface area contributed by atoms with Gasteiger partial charge in [0.2, 0.25) is 5.91 Å². The Kier molecular flexibility index (Phi) is 5.98. The first kappa shape index (κ1) is 17.7. The molecule has 0 heterocycles. The lowest BCUT2D eigenvalue weighted by Crippen LogP contribution is -2.40. The van der Waals surface area contributed by atoms with Crippen LogP contribution in [0.3, 0.4) is 0 Å². The van der Waals surface area contributed by atoms with Crippen molar-refractivity contribution < 1.29 is 23.5 Å². The molecule has 1 fully saturated rings. The third-order valence-electron chi connectivity index (χ3n) is 4.15. The molecular weight excluding hydrogens is 324 g/mol. The first-order valence-electron chi connectivity index (χ1n) is 7.45. The Balaban J connectivity index is 2.01. The summed E-state index contributed by atoms with van der Waals surface area (Å²) in [5.74, 6) is -2.53. The molecular formula is C16H19F2NO3S. The zero-order valence-corrected chi connectivity index (χ0v) is 13.4. The highest BCUT2D eigenvalue weighted by Crippen LogP contribution is 2.41. The van der Waals surface area contributed by atoms with E-state index in [1.54, 1.807) is 0 Å². The fourth-order valence-electron chi connectivity index (χ4n) is 3.06. The number of benzene rings is 1. The van der Waals surface area contributed by atoms with E-state index in [9.17, 15) is 18.4 Å².